The maximum atomic E-state index is 12.3. The van der Waals surface area contributed by atoms with Crippen molar-refractivity contribution in [2.45, 2.75) is 11.4 Å². The molecule has 1 aromatic rings. The third-order valence-electron chi connectivity index (χ3n) is 1.69. The summed E-state index contributed by atoms with van der Waals surface area (Å²) in [5.74, 6) is 0. The highest BCUT2D eigenvalue weighted by molar-refractivity contribution is 8.45. The molecule has 1 nitrogen and oxygen atoms in total. The average molecular weight is 275 g/mol. The summed E-state index contributed by atoms with van der Waals surface area (Å²) in [6.45, 7) is 0.0180. The molecule has 0 spiro atoms. The van der Waals surface area contributed by atoms with Crippen molar-refractivity contribution in [3.8, 4) is 0 Å². The van der Waals surface area contributed by atoms with Gasteiger partial charge in [0.2, 0.25) is 0 Å². The van der Waals surface area contributed by atoms with E-state index in [-0.39, 0.29) is 6.54 Å². The van der Waals surface area contributed by atoms with Crippen LogP contribution in [0.5, 0.6) is 0 Å². The van der Waals surface area contributed by atoms with Gasteiger partial charge >= 0.3 is 10.2 Å². The number of halogens is 5. The van der Waals surface area contributed by atoms with Crippen molar-refractivity contribution < 1.29 is 19.4 Å². The third-order valence-corrected chi connectivity index (χ3v) is 2.99. The maximum absolute atomic E-state index is 12.3. The Morgan fingerprint density at radius 3 is 1.94 bits per heavy atom. The Labute approximate surface area is 93.7 Å². The second-order valence-corrected chi connectivity index (χ2v) is 5.61. The summed E-state index contributed by atoms with van der Waals surface area (Å²) < 4.78 is 61.4. The zero-order valence-electron chi connectivity index (χ0n) is 7.67. The van der Waals surface area contributed by atoms with E-state index in [1.165, 1.54) is 0 Å². The minimum atomic E-state index is -9.55. The van der Waals surface area contributed by atoms with Crippen LogP contribution in [0.1, 0.15) is 5.56 Å². The smallest absolute Gasteiger partial charge is 0.228 e. The first-order valence-electron chi connectivity index (χ1n) is 3.89. The molecular formula is C8H6F5NS2. The Morgan fingerprint density at radius 1 is 1.06 bits per heavy atom. The number of hydrogen-bond donors (Lipinski definition) is 0. The van der Waals surface area contributed by atoms with Crippen molar-refractivity contribution in [3.63, 3.8) is 0 Å². The van der Waals surface area contributed by atoms with Crippen LogP contribution in [-0.4, -0.2) is 5.16 Å². The Balaban J connectivity index is 3.10. The number of thiocarbonyl (C=S) groups is 1. The molecule has 0 heterocycles. The zero-order chi connectivity index (χ0) is 12.5. The van der Waals surface area contributed by atoms with Crippen LogP contribution in [0.15, 0.2) is 34.2 Å². The van der Waals surface area contributed by atoms with Gasteiger partial charge in [-0.05, 0) is 29.9 Å². The molecule has 0 saturated heterocycles. The van der Waals surface area contributed by atoms with E-state index in [0.29, 0.717) is 17.7 Å². The Morgan fingerprint density at radius 2 is 1.56 bits per heavy atom. The van der Waals surface area contributed by atoms with Gasteiger partial charge < -0.3 is 0 Å². The molecule has 0 fully saturated rings. The van der Waals surface area contributed by atoms with Crippen LogP contribution in [0, 0.1) is 0 Å². The van der Waals surface area contributed by atoms with E-state index >= 15 is 0 Å². The van der Waals surface area contributed by atoms with Gasteiger partial charge in [-0.3, -0.25) is 0 Å². The topological polar surface area (TPSA) is 12.4 Å². The number of nitrogens with zero attached hydrogens (tertiary/aromatic N) is 1. The third kappa shape index (κ3) is 3.55. The number of benzene rings is 1. The Bertz CT molecular complexity index is 443. The van der Waals surface area contributed by atoms with Gasteiger partial charge in [0.05, 0.1) is 11.7 Å². The lowest BCUT2D eigenvalue weighted by Gasteiger charge is -2.40. The van der Waals surface area contributed by atoms with Crippen LogP contribution < -0.4 is 0 Å². The average Bonchev–Trinajstić information content (AvgIpc) is 2.12. The minimum absolute atomic E-state index is 0.0180. The monoisotopic (exact) mass is 275 g/mol. The largest absolute Gasteiger partial charge is 0.310 e. The van der Waals surface area contributed by atoms with Crippen molar-refractivity contribution in [3.05, 3.63) is 29.8 Å². The molecule has 0 aliphatic rings. The maximum Gasteiger partial charge on any atom is 0.310 e. The lowest BCUT2D eigenvalue weighted by atomic mass is 10.2. The molecule has 0 aliphatic heterocycles. The molecule has 1 aromatic carbocycles. The first-order chi connectivity index (χ1) is 7.03. The fourth-order valence-electron chi connectivity index (χ4n) is 0.976. The van der Waals surface area contributed by atoms with Gasteiger partial charge in [-0.15, -0.1) is 0 Å². The molecule has 0 amide bonds. The predicted molar refractivity (Wildman–Crippen MR) is 56.6 cm³/mol. The summed E-state index contributed by atoms with van der Waals surface area (Å²) in [4.78, 5) is 1.57. The van der Waals surface area contributed by atoms with E-state index < -0.39 is 15.1 Å². The molecule has 0 N–H and O–H groups in total. The second kappa shape index (κ2) is 3.26. The molecule has 0 aromatic heterocycles. The standard InChI is InChI=1S/C8H6F5NS2/c9-16(10,11,12,13)8-3-1-7(2-4-8)5-14-6-15/h1-4H,5H2. The van der Waals surface area contributed by atoms with Crippen molar-refractivity contribution >= 4 is 27.6 Å². The molecule has 0 radical (unpaired) electrons. The second-order valence-electron chi connectivity index (χ2n) is 3.02. The number of aliphatic imine (C=N–C) groups is 1. The molecule has 0 bridgehead atoms. The van der Waals surface area contributed by atoms with Crippen LogP contribution in [0.25, 0.3) is 0 Å². The van der Waals surface area contributed by atoms with E-state index in [4.69, 9.17) is 0 Å². The summed E-state index contributed by atoms with van der Waals surface area (Å²) in [7, 11) is -9.55. The van der Waals surface area contributed by atoms with E-state index in [2.05, 4.69) is 17.2 Å². The number of rotatable bonds is 3. The van der Waals surface area contributed by atoms with Crippen LogP contribution in [0.3, 0.4) is 0 Å². The van der Waals surface area contributed by atoms with E-state index in [1.807, 2.05) is 5.16 Å². The first kappa shape index (κ1) is 13.1. The van der Waals surface area contributed by atoms with Crippen LogP contribution in [-0.2, 0) is 6.54 Å². The highest BCUT2D eigenvalue weighted by atomic mass is 32.5. The highest BCUT2D eigenvalue weighted by Crippen LogP contribution is 3.02. The van der Waals surface area contributed by atoms with Crippen molar-refractivity contribution in [2.75, 3.05) is 0 Å². The van der Waals surface area contributed by atoms with Gasteiger partial charge in [-0.2, -0.15) is 0 Å². The Kier molecular flexibility index (Phi) is 2.66. The zero-order valence-corrected chi connectivity index (χ0v) is 9.30. The molecule has 8 heteroatoms. The Hall–Kier alpha value is -0.980. The summed E-state index contributed by atoms with van der Waals surface area (Å²) in [6.07, 6.45) is 0. The molecule has 0 saturated carbocycles. The summed E-state index contributed by atoms with van der Waals surface area (Å²) >= 11 is 4.26. The van der Waals surface area contributed by atoms with Gasteiger partial charge in [0.15, 0.2) is 0 Å². The number of isothiocyanates is 1. The van der Waals surface area contributed by atoms with Gasteiger partial charge in [-0.25, -0.2) is 4.99 Å². The van der Waals surface area contributed by atoms with Gasteiger partial charge in [0.25, 0.3) is 0 Å². The van der Waals surface area contributed by atoms with Crippen molar-refractivity contribution in [1.29, 1.82) is 0 Å². The van der Waals surface area contributed by atoms with Crippen molar-refractivity contribution in [2.24, 2.45) is 4.99 Å². The lowest BCUT2D eigenvalue weighted by Crippen LogP contribution is -2.05. The summed E-state index contributed by atoms with van der Waals surface area (Å²) in [5, 5.41) is 2.02. The van der Waals surface area contributed by atoms with Crippen LogP contribution in [0.2, 0.25) is 0 Å². The van der Waals surface area contributed by atoms with Crippen LogP contribution >= 0.6 is 22.4 Å². The van der Waals surface area contributed by atoms with E-state index in [9.17, 15) is 19.4 Å². The molecule has 0 aliphatic carbocycles. The van der Waals surface area contributed by atoms with Crippen LogP contribution in [0.4, 0.5) is 19.4 Å². The molecule has 90 valence electrons. The fraction of sp³-hybridized carbons (Fsp3) is 0.125. The molecular weight excluding hydrogens is 269 g/mol. The highest BCUT2D eigenvalue weighted by Gasteiger charge is 2.65. The molecule has 1 rings (SSSR count). The molecule has 0 atom stereocenters. The minimum Gasteiger partial charge on any atom is -0.228 e. The van der Waals surface area contributed by atoms with Crippen molar-refractivity contribution in [1.82, 2.24) is 0 Å². The van der Waals surface area contributed by atoms with E-state index in [1.54, 1.807) is 0 Å². The summed E-state index contributed by atoms with van der Waals surface area (Å²) in [6, 6.07) is 2.55. The molecule has 16 heavy (non-hydrogen) atoms. The van der Waals surface area contributed by atoms with Gasteiger partial charge in [0.1, 0.15) is 4.90 Å². The molecule has 0 unspecified atom stereocenters. The predicted octanol–water partition coefficient (Wildman–Crippen LogP) is 4.95. The van der Waals surface area contributed by atoms with E-state index in [0.717, 1.165) is 12.1 Å². The summed E-state index contributed by atoms with van der Waals surface area (Å²) in [5.41, 5.74) is 0.350. The normalized spacial score (nSPS) is 15.8. The fourth-order valence-corrected chi connectivity index (χ4v) is 1.69. The van der Waals surface area contributed by atoms with Gasteiger partial charge in [0, 0.05) is 0 Å². The SMILES string of the molecule is FS(F)(F)(F)(F)c1ccc(CN=C=S)cc1. The lowest BCUT2D eigenvalue weighted by molar-refractivity contribution is 0.364. The first-order valence-corrected chi connectivity index (χ1v) is 6.25. The quantitative estimate of drug-likeness (QED) is 0.432. The number of hydrogen-bond acceptors (Lipinski definition) is 2. The van der Waals surface area contributed by atoms with Gasteiger partial charge in [-0.1, -0.05) is 31.6 Å².